The van der Waals surface area contributed by atoms with Crippen LogP contribution in [0, 0.1) is 5.41 Å². The highest BCUT2D eigenvalue weighted by atomic mass is 35.5. The predicted molar refractivity (Wildman–Crippen MR) is 54.8 cm³/mol. The van der Waals surface area contributed by atoms with E-state index in [9.17, 15) is 4.79 Å². The average molecular weight is 216 g/mol. The Labute approximate surface area is 88.1 Å². The van der Waals surface area contributed by atoms with Crippen molar-refractivity contribution >= 4 is 17.5 Å². The molecule has 0 spiro atoms. The Balaban J connectivity index is 2.83. The quantitative estimate of drug-likeness (QED) is 0.766. The molecule has 1 aromatic heterocycles. The highest BCUT2D eigenvalue weighted by Gasteiger charge is 2.25. The standard InChI is InChI=1S/C9H14ClN3O/c1-9(2,8(11)14)5-13-6-12-4-7(13)3-10/h4,6H,3,5H2,1-2H3,(H2,11,14). The number of hydrogen-bond donors (Lipinski definition) is 1. The lowest BCUT2D eigenvalue weighted by molar-refractivity contribution is -0.126. The van der Waals surface area contributed by atoms with Crippen LogP contribution < -0.4 is 5.73 Å². The Bertz CT molecular complexity index is 333. The Hall–Kier alpha value is -1.03. The van der Waals surface area contributed by atoms with E-state index in [-0.39, 0.29) is 5.91 Å². The molecule has 0 aromatic carbocycles. The van der Waals surface area contributed by atoms with Gasteiger partial charge < -0.3 is 10.3 Å². The fourth-order valence-corrected chi connectivity index (χ4v) is 1.33. The number of hydrogen-bond acceptors (Lipinski definition) is 2. The minimum Gasteiger partial charge on any atom is -0.369 e. The van der Waals surface area contributed by atoms with Gasteiger partial charge in [0.2, 0.25) is 5.91 Å². The number of nitrogens with zero attached hydrogens (tertiary/aromatic N) is 2. The van der Waals surface area contributed by atoms with E-state index in [0.717, 1.165) is 5.69 Å². The zero-order valence-corrected chi connectivity index (χ0v) is 9.08. The molecule has 14 heavy (non-hydrogen) atoms. The summed E-state index contributed by atoms with van der Waals surface area (Å²) >= 11 is 5.70. The fraction of sp³-hybridized carbons (Fsp3) is 0.556. The van der Waals surface area contributed by atoms with Gasteiger partial charge in [0, 0.05) is 12.7 Å². The molecule has 4 nitrogen and oxygen atoms in total. The van der Waals surface area contributed by atoms with Gasteiger partial charge in [-0.15, -0.1) is 11.6 Å². The Morgan fingerprint density at radius 1 is 1.71 bits per heavy atom. The molecule has 0 saturated heterocycles. The number of imidazole rings is 1. The Morgan fingerprint density at radius 2 is 2.36 bits per heavy atom. The van der Waals surface area contributed by atoms with Gasteiger partial charge in [-0.1, -0.05) is 0 Å². The number of halogens is 1. The minimum atomic E-state index is -0.582. The molecule has 1 aromatic rings. The van der Waals surface area contributed by atoms with Gasteiger partial charge in [-0.05, 0) is 13.8 Å². The Morgan fingerprint density at radius 3 is 2.86 bits per heavy atom. The summed E-state index contributed by atoms with van der Waals surface area (Å²) in [5, 5.41) is 0. The SMILES string of the molecule is CC(C)(Cn1cncc1CCl)C(N)=O. The third kappa shape index (κ3) is 2.26. The van der Waals surface area contributed by atoms with Crippen molar-refractivity contribution in [3.8, 4) is 0 Å². The highest BCUT2D eigenvalue weighted by Crippen LogP contribution is 2.18. The second kappa shape index (κ2) is 4.00. The first-order valence-corrected chi connectivity index (χ1v) is 4.85. The molecule has 0 aliphatic carbocycles. The van der Waals surface area contributed by atoms with Crippen molar-refractivity contribution in [2.75, 3.05) is 0 Å². The normalized spacial score (nSPS) is 11.6. The number of rotatable bonds is 4. The number of amides is 1. The van der Waals surface area contributed by atoms with E-state index in [1.54, 1.807) is 26.4 Å². The average Bonchev–Trinajstić information content (AvgIpc) is 2.50. The summed E-state index contributed by atoms with van der Waals surface area (Å²) in [5.41, 5.74) is 5.58. The van der Waals surface area contributed by atoms with Gasteiger partial charge in [-0.3, -0.25) is 4.79 Å². The fourth-order valence-electron chi connectivity index (χ4n) is 1.11. The van der Waals surface area contributed by atoms with Gasteiger partial charge in [0.15, 0.2) is 0 Å². The van der Waals surface area contributed by atoms with Gasteiger partial charge in [0.05, 0.1) is 23.3 Å². The van der Waals surface area contributed by atoms with Crippen molar-refractivity contribution in [2.24, 2.45) is 11.1 Å². The molecule has 0 bridgehead atoms. The number of carbonyl (C=O) groups is 1. The molecule has 1 rings (SSSR count). The molecule has 0 aliphatic rings. The molecule has 2 N–H and O–H groups in total. The van der Waals surface area contributed by atoms with E-state index in [4.69, 9.17) is 17.3 Å². The molecule has 0 saturated carbocycles. The maximum Gasteiger partial charge on any atom is 0.224 e. The molecule has 0 unspecified atom stereocenters. The summed E-state index contributed by atoms with van der Waals surface area (Å²) in [6.45, 7) is 4.10. The maximum atomic E-state index is 11.1. The molecular weight excluding hydrogens is 202 g/mol. The molecule has 0 fully saturated rings. The van der Waals surface area contributed by atoms with Crippen molar-refractivity contribution < 1.29 is 4.79 Å². The first-order valence-electron chi connectivity index (χ1n) is 4.32. The molecule has 0 radical (unpaired) electrons. The topological polar surface area (TPSA) is 60.9 Å². The summed E-state index contributed by atoms with van der Waals surface area (Å²) in [4.78, 5) is 15.1. The molecular formula is C9H14ClN3O. The lowest BCUT2D eigenvalue weighted by atomic mass is 9.92. The van der Waals surface area contributed by atoms with Gasteiger partial charge >= 0.3 is 0 Å². The number of carbonyl (C=O) groups excluding carboxylic acids is 1. The van der Waals surface area contributed by atoms with Crippen LogP contribution in [0.4, 0.5) is 0 Å². The number of aromatic nitrogens is 2. The second-order valence-corrected chi connectivity index (χ2v) is 4.16. The third-order valence-corrected chi connectivity index (χ3v) is 2.44. The summed E-state index contributed by atoms with van der Waals surface area (Å²) in [6.07, 6.45) is 3.34. The van der Waals surface area contributed by atoms with Crippen LogP contribution in [0.2, 0.25) is 0 Å². The minimum absolute atomic E-state index is 0.327. The number of nitrogens with two attached hydrogens (primary N) is 1. The molecule has 1 amide bonds. The molecule has 1 heterocycles. The van der Waals surface area contributed by atoms with Crippen LogP contribution in [-0.4, -0.2) is 15.5 Å². The van der Waals surface area contributed by atoms with Crippen LogP contribution >= 0.6 is 11.6 Å². The van der Waals surface area contributed by atoms with Gasteiger partial charge in [-0.2, -0.15) is 0 Å². The van der Waals surface area contributed by atoms with Crippen LogP contribution in [0.25, 0.3) is 0 Å². The number of primary amides is 1. The summed E-state index contributed by atoms with van der Waals surface area (Å²) in [6, 6.07) is 0. The zero-order chi connectivity index (χ0) is 10.8. The van der Waals surface area contributed by atoms with E-state index in [1.165, 1.54) is 0 Å². The lowest BCUT2D eigenvalue weighted by Crippen LogP contribution is -2.35. The zero-order valence-electron chi connectivity index (χ0n) is 8.33. The first-order chi connectivity index (χ1) is 6.47. The van der Waals surface area contributed by atoms with Crippen LogP contribution in [-0.2, 0) is 17.2 Å². The van der Waals surface area contributed by atoms with Crippen LogP contribution in [0.15, 0.2) is 12.5 Å². The van der Waals surface area contributed by atoms with Gasteiger partial charge in [0.25, 0.3) is 0 Å². The molecule has 78 valence electrons. The van der Waals surface area contributed by atoms with Crippen LogP contribution in [0.1, 0.15) is 19.5 Å². The van der Waals surface area contributed by atoms with Crippen molar-refractivity contribution in [3.63, 3.8) is 0 Å². The molecule has 0 atom stereocenters. The monoisotopic (exact) mass is 215 g/mol. The Kier molecular flexibility index (Phi) is 3.16. The molecule has 0 aliphatic heterocycles. The number of alkyl halides is 1. The van der Waals surface area contributed by atoms with Gasteiger partial charge in [0.1, 0.15) is 0 Å². The van der Waals surface area contributed by atoms with E-state index in [2.05, 4.69) is 4.98 Å². The van der Waals surface area contributed by atoms with E-state index < -0.39 is 5.41 Å². The first kappa shape index (κ1) is 11.0. The highest BCUT2D eigenvalue weighted by molar-refractivity contribution is 6.16. The van der Waals surface area contributed by atoms with Crippen molar-refractivity contribution in [1.29, 1.82) is 0 Å². The smallest absolute Gasteiger partial charge is 0.224 e. The van der Waals surface area contributed by atoms with Crippen molar-refractivity contribution in [1.82, 2.24) is 9.55 Å². The largest absolute Gasteiger partial charge is 0.369 e. The third-order valence-electron chi connectivity index (χ3n) is 2.17. The summed E-state index contributed by atoms with van der Waals surface area (Å²) in [7, 11) is 0. The predicted octanol–water partition coefficient (Wildman–Crippen LogP) is 1.13. The summed E-state index contributed by atoms with van der Waals surface area (Å²) in [5.74, 6) is 0.0567. The van der Waals surface area contributed by atoms with E-state index in [1.807, 2.05) is 4.57 Å². The van der Waals surface area contributed by atoms with Crippen molar-refractivity contribution in [2.45, 2.75) is 26.3 Å². The van der Waals surface area contributed by atoms with Gasteiger partial charge in [-0.25, -0.2) is 4.98 Å². The maximum absolute atomic E-state index is 11.1. The van der Waals surface area contributed by atoms with Crippen LogP contribution in [0.3, 0.4) is 0 Å². The second-order valence-electron chi connectivity index (χ2n) is 3.89. The van der Waals surface area contributed by atoms with Crippen molar-refractivity contribution in [3.05, 3.63) is 18.2 Å². The molecule has 5 heteroatoms. The summed E-state index contributed by atoms with van der Waals surface area (Å²) < 4.78 is 1.84. The van der Waals surface area contributed by atoms with E-state index in [0.29, 0.717) is 12.4 Å². The van der Waals surface area contributed by atoms with E-state index >= 15 is 0 Å². The van der Waals surface area contributed by atoms with Crippen LogP contribution in [0.5, 0.6) is 0 Å². The lowest BCUT2D eigenvalue weighted by Gasteiger charge is -2.21.